The van der Waals surface area contributed by atoms with E-state index in [-0.39, 0.29) is 0 Å². The summed E-state index contributed by atoms with van der Waals surface area (Å²) in [5, 5.41) is 0. The van der Waals surface area contributed by atoms with Gasteiger partial charge >= 0.3 is 0 Å². The highest BCUT2D eigenvalue weighted by molar-refractivity contribution is 4.83. The van der Waals surface area contributed by atoms with Crippen molar-refractivity contribution in [3.8, 4) is 0 Å². The molecule has 3 nitrogen and oxygen atoms in total. The summed E-state index contributed by atoms with van der Waals surface area (Å²) < 4.78 is 5.76. The van der Waals surface area contributed by atoms with Gasteiger partial charge in [-0.15, -0.1) is 0 Å². The van der Waals surface area contributed by atoms with E-state index < -0.39 is 0 Å². The second-order valence-corrected chi connectivity index (χ2v) is 9.20. The molecule has 2 atom stereocenters. The van der Waals surface area contributed by atoms with Gasteiger partial charge in [-0.05, 0) is 88.5 Å². The lowest BCUT2D eigenvalue weighted by Crippen LogP contribution is -2.38. The number of hydrogen-bond donors (Lipinski definition) is 0. The van der Waals surface area contributed by atoms with Crippen molar-refractivity contribution in [2.45, 2.75) is 71.6 Å². The summed E-state index contributed by atoms with van der Waals surface area (Å²) in [5.74, 6) is 3.85. The summed E-state index contributed by atoms with van der Waals surface area (Å²) in [4.78, 5) is 5.43. The van der Waals surface area contributed by atoms with E-state index in [4.69, 9.17) is 4.74 Å². The molecule has 0 saturated heterocycles. The summed E-state index contributed by atoms with van der Waals surface area (Å²) in [5.41, 5.74) is 0. The van der Waals surface area contributed by atoms with Crippen LogP contribution in [0.2, 0.25) is 0 Å². The lowest BCUT2D eigenvalue weighted by Gasteiger charge is -2.35. The lowest BCUT2D eigenvalue weighted by molar-refractivity contribution is 0.0169. The Balaban J connectivity index is 1.43. The first-order chi connectivity index (χ1) is 12.3. The van der Waals surface area contributed by atoms with Gasteiger partial charge in [0.25, 0.3) is 0 Å². The summed E-state index contributed by atoms with van der Waals surface area (Å²) in [6, 6.07) is 0. The van der Waals surface area contributed by atoms with Crippen LogP contribution in [0.4, 0.5) is 0 Å². The Morgan fingerprint density at radius 3 is 1.84 bits per heavy atom. The molecule has 3 rings (SSSR count). The van der Waals surface area contributed by atoms with E-state index in [9.17, 15) is 0 Å². The molecule has 0 bridgehead atoms. The molecule has 25 heavy (non-hydrogen) atoms. The number of ether oxygens (including phenoxy) is 1. The first kappa shape index (κ1) is 19.6. The minimum atomic E-state index is 0.849. The normalized spacial score (nSPS) is 27.4. The van der Waals surface area contributed by atoms with Gasteiger partial charge < -0.3 is 9.64 Å². The van der Waals surface area contributed by atoms with Gasteiger partial charge in [0.2, 0.25) is 0 Å². The summed E-state index contributed by atoms with van der Waals surface area (Å²) >= 11 is 0. The van der Waals surface area contributed by atoms with Crippen LogP contribution in [0.25, 0.3) is 0 Å². The van der Waals surface area contributed by atoms with Crippen molar-refractivity contribution in [2.24, 2.45) is 23.7 Å². The molecule has 0 radical (unpaired) electrons. The van der Waals surface area contributed by atoms with Crippen molar-refractivity contribution < 1.29 is 4.74 Å². The van der Waals surface area contributed by atoms with E-state index in [0.717, 1.165) is 37.0 Å². The van der Waals surface area contributed by atoms with Crippen LogP contribution in [0.15, 0.2) is 0 Å². The molecule has 146 valence electrons. The molecule has 0 amide bonds. The van der Waals surface area contributed by atoms with Gasteiger partial charge in [-0.1, -0.05) is 13.3 Å². The van der Waals surface area contributed by atoms with Gasteiger partial charge in [-0.2, -0.15) is 0 Å². The Labute approximate surface area is 156 Å². The number of hydrogen-bond acceptors (Lipinski definition) is 3. The summed E-state index contributed by atoms with van der Waals surface area (Å²) in [6.45, 7) is 12.8. The van der Waals surface area contributed by atoms with Gasteiger partial charge in [-0.3, -0.25) is 4.90 Å². The van der Waals surface area contributed by atoms with Crippen LogP contribution in [-0.2, 0) is 4.74 Å². The molecule has 3 aliphatic carbocycles. The Morgan fingerprint density at radius 1 is 0.720 bits per heavy atom. The lowest BCUT2D eigenvalue weighted by atomic mass is 9.80. The molecule has 0 aromatic rings. The zero-order chi connectivity index (χ0) is 17.5. The largest absolute Gasteiger partial charge is 0.366 e. The van der Waals surface area contributed by atoms with Gasteiger partial charge in [0.1, 0.15) is 0 Å². The molecule has 2 unspecified atom stereocenters. The molecule has 0 spiro atoms. The van der Waals surface area contributed by atoms with Gasteiger partial charge in [-0.25, -0.2) is 0 Å². The molecular weight excluding hydrogens is 308 g/mol. The van der Waals surface area contributed by atoms with E-state index in [1.807, 2.05) is 0 Å². The number of nitrogens with zero attached hydrogens (tertiary/aromatic N) is 2. The molecule has 0 aliphatic heterocycles. The topological polar surface area (TPSA) is 15.7 Å². The quantitative estimate of drug-likeness (QED) is 0.451. The summed E-state index contributed by atoms with van der Waals surface area (Å²) in [6.07, 6.45) is 13.0. The van der Waals surface area contributed by atoms with E-state index in [1.165, 1.54) is 90.5 Å². The third-order valence-electron chi connectivity index (χ3n) is 6.37. The van der Waals surface area contributed by atoms with Crippen molar-refractivity contribution >= 4 is 0 Å². The predicted octanol–water partition coefficient (Wildman–Crippen LogP) is 4.62. The fourth-order valence-electron chi connectivity index (χ4n) is 4.77. The zero-order valence-corrected chi connectivity index (χ0v) is 16.9. The van der Waals surface area contributed by atoms with Crippen molar-refractivity contribution in [1.29, 1.82) is 0 Å². The maximum absolute atomic E-state index is 5.76. The highest BCUT2D eigenvalue weighted by atomic mass is 16.5. The average Bonchev–Trinajstić information content (AvgIpc) is 3.50. The highest BCUT2D eigenvalue weighted by Gasteiger charge is 2.30. The smallest absolute Gasteiger partial charge is 0.0990 e. The molecule has 3 aliphatic rings. The predicted molar refractivity (Wildman–Crippen MR) is 106 cm³/mol. The molecule has 0 aromatic carbocycles. The Bertz CT molecular complexity index is 367. The third-order valence-corrected chi connectivity index (χ3v) is 6.37. The minimum absolute atomic E-state index is 0.849. The fourth-order valence-corrected chi connectivity index (χ4v) is 4.77. The maximum Gasteiger partial charge on any atom is 0.0990 e. The van der Waals surface area contributed by atoms with Crippen LogP contribution in [0.1, 0.15) is 71.6 Å². The van der Waals surface area contributed by atoms with E-state index in [1.54, 1.807) is 0 Å². The van der Waals surface area contributed by atoms with Crippen LogP contribution >= 0.6 is 0 Å². The first-order valence-corrected chi connectivity index (χ1v) is 11.3. The molecular formula is C22H42N2O. The second-order valence-electron chi connectivity index (χ2n) is 9.20. The van der Waals surface area contributed by atoms with Crippen LogP contribution < -0.4 is 0 Å². The molecule has 0 N–H and O–H groups in total. The first-order valence-electron chi connectivity index (χ1n) is 11.3. The zero-order valence-electron chi connectivity index (χ0n) is 16.9. The molecule has 0 aromatic heterocycles. The third kappa shape index (κ3) is 7.56. The molecule has 0 heterocycles. The minimum Gasteiger partial charge on any atom is -0.366 e. The van der Waals surface area contributed by atoms with Crippen molar-refractivity contribution in [3.05, 3.63) is 0 Å². The Kier molecular flexibility index (Phi) is 8.07. The van der Waals surface area contributed by atoms with E-state index >= 15 is 0 Å². The van der Waals surface area contributed by atoms with Crippen LogP contribution in [0, 0.1) is 23.7 Å². The Morgan fingerprint density at radius 2 is 1.28 bits per heavy atom. The van der Waals surface area contributed by atoms with Gasteiger partial charge in [0.15, 0.2) is 0 Å². The van der Waals surface area contributed by atoms with E-state index in [0.29, 0.717) is 0 Å². The standard InChI is InChI=1S/C22H42N2O/c1-3-12-23(14-19-8-9-19)16-21-6-5-7-22(13-21)17-24(18-25-4-2)15-20-10-11-20/h19-22H,3-18H2,1-2H3. The van der Waals surface area contributed by atoms with Crippen LogP contribution in [0.5, 0.6) is 0 Å². The van der Waals surface area contributed by atoms with E-state index in [2.05, 4.69) is 23.6 Å². The average molecular weight is 351 g/mol. The maximum atomic E-state index is 5.76. The fraction of sp³-hybridized carbons (Fsp3) is 1.00. The van der Waals surface area contributed by atoms with Crippen molar-refractivity contribution in [3.63, 3.8) is 0 Å². The number of rotatable bonds is 13. The summed E-state index contributed by atoms with van der Waals surface area (Å²) in [7, 11) is 0. The Hall–Kier alpha value is -0.120. The molecule has 3 fully saturated rings. The van der Waals surface area contributed by atoms with Crippen LogP contribution in [-0.4, -0.2) is 55.9 Å². The monoisotopic (exact) mass is 350 g/mol. The second kappa shape index (κ2) is 10.3. The highest BCUT2D eigenvalue weighted by Crippen LogP contribution is 2.34. The molecule has 3 saturated carbocycles. The van der Waals surface area contributed by atoms with Crippen LogP contribution in [0.3, 0.4) is 0 Å². The van der Waals surface area contributed by atoms with Crippen molar-refractivity contribution in [2.75, 3.05) is 46.1 Å². The van der Waals surface area contributed by atoms with Crippen molar-refractivity contribution in [1.82, 2.24) is 9.80 Å². The van der Waals surface area contributed by atoms with Gasteiger partial charge in [0.05, 0.1) is 6.73 Å². The molecule has 3 heteroatoms. The van der Waals surface area contributed by atoms with Gasteiger partial charge in [0, 0.05) is 32.8 Å². The SMILES string of the molecule is CCCN(CC1CC1)CC1CCCC(CN(COCC)CC2CC2)C1.